The average molecular weight is 334 g/mol. The average Bonchev–Trinajstić information content (AvgIpc) is 2.88. The fourth-order valence-corrected chi connectivity index (χ4v) is 4.90. The van der Waals surface area contributed by atoms with Crippen LogP contribution < -0.4 is 0 Å². The van der Waals surface area contributed by atoms with Crippen molar-refractivity contribution in [3.05, 3.63) is 20.8 Å². The molecule has 1 unspecified atom stereocenters. The third-order valence-electron chi connectivity index (χ3n) is 3.03. The summed E-state index contributed by atoms with van der Waals surface area (Å²) in [5.41, 5.74) is 0. The lowest BCUT2D eigenvalue weighted by Crippen LogP contribution is -2.41. The van der Waals surface area contributed by atoms with E-state index >= 15 is 0 Å². The molecule has 1 aromatic rings. The number of hydrogen-bond acceptors (Lipinski definition) is 3. The van der Waals surface area contributed by atoms with Crippen molar-refractivity contribution in [2.75, 3.05) is 12.8 Å². The monoisotopic (exact) mass is 333 g/mol. The highest BCUT2D eigenvalue weighted by atomic mass is 79.9. The molecule has 17 heavy (non-hydrogen) atoms. The normalized spacial score (nSPS) is 23.9. The Morgan fingerprint density at radius 3 is 2.94 bits per heavy atom. The number of carbonyl (C=O) groups excluding carboxylic acids is 1. The van der Waals surface area contributed by atoms with Gasteiger partial charge in [-0.05, 0) is 47.5 Å². The number of carbonyl (C=O) groups is 1. The van der Waals surface area contributed by atoms with Crippen LogP contribution in [0, 0.1) is 0 Å². The van der Waals surface area contributed by atoms with Crippen LogP contribution in [0.15, 0.2) is 15.9 Å². The Hall–Kier alpha value is -0.000000000000000111. The van der Waals surface area contributed by atoms with Crippen LogP contribution in [0.4, 0.5) is 0 Å². The highest BCUT2D eigenvalue weighted by molar-refractivity contribution is 9.10. The van der Waals surface area contributed by atoms with Crippen LogP contribution in [-0.2, 0) is 11.3 Å². The van der Waals surface area contributed by atoms with Crippen LogP contribution in [0.2, 0.25) is 0 Å². The van der Waals surface area contributed by atoms with Crippen molar-refractivity contribution in [2.24, 2.45) is 0 Å². The quantitative estimate of drug-likeness (QED) is 0.839. The maximum Gasteiger partial charge on any atom is 0.238 e. The highest BCUT2D eigenvalue weighted by Crippen LogP contribution is 2.39. The maximum atomic E-state index is 12.4. The van der Waals surface area contributed by atoms with Crippen LogP contribution in [0.25, 0.3) is 0 Å². The molecule has 0 saturated carbocycles. The first-order valence-corrected chi connectivity index (χ1v) is 8.29. The van der Waals surface area contributed by atoms with Gasteiger partial charge in [0.1, 0.15) is 0 Å². The summed E-state index contributed by atoms with van der Waals surface area (Å²) in [6.07, 6.45) is 2.17. The Balaban J connectivity index is 2.00. The van der Waals surface area contributed by atoms with Gasteiger partial charge in [-0.1, -0.05) is 0 Å². The number of rotatable bonds is 3. The minimum absolute atomic E-state index is 0.191. The summed E-state index contributed by atoms with van der Waals surface area (Å²) >= 11 is 6.93. The molecule has 94 valence electrons. The van der Waals surface area contributed by atoms with Gasteiger partial charge in [0.15, 0.2) is 0 Å². The number of nitrogens with zero attached hydrogens (tertiary/aromatic N) is 1. The van der Waals surface area contributed by atoms with Crippen molar-refractivity contribution in [3.8, 4) is 0 Å². The molecular weight excluding hydrogens is 318 g/mol. The van der Waals surface area contributed by atoms with E-state index in [1.165, 1.54) is 4.88 Å². The molecule has 0 N–H and O–H groups in total. The zero-order valence-corrected chi connectivity index (χ0v) is 13.3. The van der Waals surface area contributed by atoms with Crippen molar-refractivity contribution in [1.29, 1.82) is 0 Å². The van der Waals surface area contributed by atoms with E-state index in [9.17, 15) is 4.79 Å². The largest absolute Gasteiger partial charge is 0.339 e. The molecule has 0 aromatic carbocycles. The first-order chi connectivity index (χ1) is 8.01. The molecule has 5 heteroatoms. The zero-order valence-electron chi connectivity index (χ0n) is 10.0. The molecule has 1 aromatic heterocycles. The second-order valence-corrected chi connectivity index (χ2v) is 8.08. The second kappa shape index (κ2) is 5.33. The van der Waals surface area contributed by atoms with E-state index in [2.05, 4.69) is 34.3 Å². The molecule has 0 aliphatic carbocycles. The summed E-state index contributed by atoms with van der Waals surface area (Å²) in [4.78, 5) is 15.5. The van der Waals surface area contributed by atoms with E-state index in [0.717, 1.165) is 23.1 Å². The van der Waals surface area contributed by atoms with Gasteiger partial charge in [0, 0.05) is 21.8 Å². The van der Waals surface area contributed by atoms with Crippen molar-refractivity contribution < 1.29 is 4.79 Å². The Morgan fingerprint density at radius 2 is 2.41 bits per heavy atom. The van der Waals surface area contributed by atoms with Gasteiger partial charge in [-0.2, -0.15) is 0 Å². The fourth-order valence-electron chi connectivity index (χ4n) is 2.09. The summed E-state index contributed by atoms with van der Waals surface area (Å²) in [6, 6.07) is 2.08. The predicted molar refractivity (Wildman–Crippen MR) is 78.6 cm³/mol. The van der Waals surface area contributed by atoms with E-state index in [-0.39, 0.29) is 10.7 Å². The standard InChI is InChI=1S/C12H16BrNOS2/c1-12(4-3-5-17-12)11(15)14(2)7-10-6-9(13)8-16-10/h6,8H,3-5,7H2,1-2H3. The van der Waals surface area contributed by atoms with Gasteiger partial charge in [0.2, 0.25) is 5.91 Å². The van der Waals surface area contributed by atoms with Gasteiger partial charge in [-0.3, -0.25) is 4.79 Å². The number of thioether (sulfide) groups is 1. The summed E-state index contributed by atoms with van der Waals surface area (Å²) in [6.45, 7) is 2.79. The van der Waals surface area contributed by atoms with Crippen LogP contribution in [0.1, 0.15) is 24.6 Å². The van der Waals surface area contributed by atoms with E-state index in [1.54, 1.807) is 23.1 Å². The third-order valence-corrected chi connectivity index (χ3v) is 6.22. The molecule has 0 spiro atoms. The van der Waals surface area contributed by atoms with E-state index in [4.69, 9.17) is 0 Å². The number of hydrogen-bond donors (Lipinski definition) is 0. The Bertz CT molecular complexity index is 412. The SMILES string of the molecule is CN(Cc1cc(Br)cs1)C(=O)C1(C)CCCS1. The van der Waals surface area contributed by atoms with E-state index in [0.29, 0.717) is 6.54 Å². The molecule has 1 fully saturated rings. The molecule has 0 bridgehead atoms. The summed E-state index contributed by atoms with van der Waals surface area (Å²) < 4.78 is 0.906. The minimum atomic E-state index is -0.191. The molecule has 1 aliphatic heterocycles. The van der Waals surface area contributed by atoms with Crippen LogP contribution in [-0.4, -0.2) is 28.4 Å². The molecule has 1 atom stereocenters. The van der Waals surface area contributed by atoms with Crippen molar-refractivity contribution in [3.63, 3.8) is 0 Å². The lowest BCUT2D eigenvalue weighted by Gasteiger charge is -2.27. The van der Waals surface area contributed by atoms with Gasteiger partial charge < -0.3 is 4.90 Å². The van der Waals surface area contributed by atoms with Gasteiger partial charge in [-0.15, -0.1) is 23.1 Å². The Morgan fingerprint density at radius 1 is 1.65 bits per heavy atom. The lowest BCUT2D eigenvalue weighted by molar-refractivity contribution is -0.132. The second-order valence-electron chi connectivity index (χ2n) is 4.58. The lowest BCUT2D eigenvalue weighted by atomic mass is 10.0. The molecule has 1 amide bonds. The summed E-state index contributed by atoms with van der Waals surface area (Å²) in [5.74, 6) is 1.38. The van der Waals surface area contributed by atoms with E-state index < -0.39 is 0 Å². The highest BCUT2D eigenvalue weighted by Gasteiger charge is 2.38. The van der Waals surface area contributed by atoms with Crippen molar-refractivity contribution in [1.82, 2.24) is 4.90 Å². The molecular formula is C12H16BrNOS2. The van der Waals surface area contributed by atoms with Crippen LogP contribution >= 0.6 is 39.0 Å². The summed E-state index contributed by atoms with van der Waals surface area (Å²) in [7, 11) is 1.90. The number of amides is 1. The molecule has 0 radical (unpaired) electrons. The topological polar surface area (TPSA) is 20.3 Å². The Kier molecular flexibility index (Phi) is 4.21. The molecule has 2 nitrogen and oxygen atoms in total. The fraction of sp³-hybridized carbons (Fsp3) is 0.583. The third kappa shape index (κ3) is 3.06. The predicted octanol–water partition coefficient (Wildman–Crippen LogP) is 3.75. The first kappa shape index (κ1) is 13.4. The Labute approximate surface area is 119 Å². The van der Waals surface area contributed by atoms with Crippen LogP contribution in [0.3, 0.4) is 0 Å². The molecule has 1 saturated heterocycles. The maximum absolute atomic E-state index is 12.4. The van der Waals surface area contributed by atoms with Gasteiger partial charge in [0.05, 0.1) is 11.3 Å². The summed E-state index contributed by atoms with van der Waals surface area (Å²) in [5, 5.41) is 2.06. The number of thiophene rings is 1. The number of halogens is 1. The van der Waals surface area contributed by atoms with Gasteiger partial charge in [-0.25, -0.2) is 0 Å². The van der Waals surface area contributed by atoms with E-state index in [1.807, 2.05) is 11.9 Å². The first-order valence-electron chi connectivity index (χ1n) is 5.64. The van der Waals surface area contributed by atoms with Gasteiger partial charge >= 0.3 is 0 Å². The minimum Gasteiger partial charge on any atom is -0.339 e. The van der Waals surface area contributed by atoms with Crippen molar-refractivity contribution in [2.45, 2.75) is 31.1 Å². The molecule has 2 rings (SSSR count). The zero-order chi connectivity index (χ0) is 12.5. The smallest absolute Gasteiger partial charge is 0.238 e. The molecule has 2 heterocycles. The molecule has 1 aliphatic rings. The van der Waals surface area contributed by atoms with Crippen molar-refractivity contribution >= 4 is 44.9 Å². The van der Waals surface area contributed by atoms with Crippen LogP contribution in [0.5, 0.6) is 0 Å². The van der Waals surface area contributed by atoms with Gasteiger partial charge in [0.25, 0.3) is 0 Å².